The summed E-state index contributed by atoms with van der Waals surface area (Å²) >= 11 is 0. The molecular weight excluding hydrogens is 685 g/mol. The third-order valence-electron chi connectivity index (χ3n) is 12.6. The molecule has 2 aromatic rings. The third-order valence-corrected chi connectivity index (χ3v) is 12.6. The van der Waals surface area contributed by atoms with Gasteiger partial charge in [0.2, 0.25) is 11.6 Å². The molecule has 0 aromatic heterocycles. The van der Waals surface area contributed by atoms with Crippen molar-refractivity contribution in [2.45, 2.75) is 206 Å². The van der Waals surface area contributed by atoms with Crippen LogP contribution in [0.3, 0.4) is 0 Å². The van der Waals surface area contributed by atoms with E-state index in [1.807, 2.05) is 0 Å². The van der Waals surface area contributed by atoms with Gasteiger partial charge in [0.15, 0.2) is 23.1 Å². The predicted molar refractivity (Wildman–Crippen MR) is 219 cm³/mol. The standard InChI is InChI=1S/C25H40F2O.C23H36F2O/c1-4-6-8-9-11-13-21-22(18-23(28-3)25(27)24(21)26)20-16-14-19(15-17-20)12-10-7-5-2;1-4-6-8-10-17-12-14-18(15-13-17)20-16-21(26-3)23(25)22(24)19(20)11-9-7-5-2/h18-20H,4-17H2,1-3H3;16-18H,4-15H2,1-3H3/t19-,20-;17-,18-. The molecule has 0 saturated heterocycles. The average Bonchev–Trinajstić information content (AvgIpc) is 3.19. The summed E-state index contributed by atoms with van der Waals surface area (Å²) in [7, 11) is 2.85. The Kier molecular flexibility index (Phi) is 22.1. The zero-order valence-electron chi connectivity index (χ0n) is 35.2. The first-order chi connectivity index (χ1) is 26.2. The van der Waals surface area contributed by atoms with Gasteiger partial charge in [0.1, 0.15) is 0 Å². The first-order valence-electron chi connectivity index (χ1n) is 22.3. The van der Waals surface area contributed by atoms with E-state index in [9.17, 15) is 17.6 Å². The Bertz CT molecular complexity index is 1330. The van der Waals surface area contributed by atoms with E-state index < -0.39 is 23.3 Å². The Morgan fingerprint density at radius 2 is 0.778 bits per heavy atom. The fraction of sp³-hybridized carbons (Fsp3) is 0.750. The van der Waals surface area contributed by atoms with Gasteiger partial charge in [-0.3, -0.25) is 0 Å². The van der Waals surface area contributed by atoms with Gasteiger partial charge < -0.3 is 9.47 Å². The zero-order valence-corrected chi connectivity index (χ0v) is 35.2. The molecule has 2 aliphatic carbocycles. The number of rotatable bonds is 22. The molecule has 2 aromatic carbocycles. The monoisotopic (exact) mass is 761 g/mol. The summed E-state index contributed by atoms with van der Waals surface area (Å²) in [6.45, 7) is 8.81. The lowest BCUT2D eigenvalue weighted by Gasteiger charge is -2.30. The van der Waals surface area contributed by atoms with E-state index in [1.165, 1.54) is 111 Å². The van der Waals surface area contributed by atoms with E-state index in [0.717, 1.165) is 80.8 Å². The molecule has 0 aliphatic heterocycles. The summed E-state index contributed by atoms with van der Waals surface area (Å²) in [6, 6.07) is 3.57. The summed E-state index contributed by atoms with van der Waals surface area (Å²) in [6.07, 6.45) is 29.6. The summed E-state index contributed by atoms with van der Waals surface area (Å²) in [4.78, 5) is 0. The molecule has 308 valence electrons. The predicted octanol–water partition coefficient (Wildman–Crippen LogP) is 15.9. The molecule has 54 heavy (non-hydrogen) atoms. The molecule has 0 N–H and O–H groups in total. The maximum atomic E-state index is 14.9. The van der Waals surface area contributed by atoms with Gasteiger partial charge in [0.05, 0.1) is 14.2 Å². The minimum absolute atomic E-state index is 0.0572. The lowest BCUT2D eigenvalue weighted by molar-refractivity contribution is 0.299. The molecule has 2 fully saturated rings. The number of hydrogen-bond acceptors (Lipinski definition) is 2. The van der Waals surface area contributed by atoms with Crippen molar-refractivity contribution in [3.05, 3.63) is 57.7 Å². The molecule has 2 saturated carbocycles. The molecule has 0 unspecified atom stereocenters. The van der Waals surface area contributed by atoms with E-state index in [1.54, 1.807) is 12.1 Å². The lowest BCUT2D eigenvalue weighted by atomic mass is 9.75. The quantitative estimate of drug-likeness (QED) is 0.0879. The van der Waals surface area contributed by atoms with Crippen LogP contribution >= 0.6 is 0 Å². The van der Waals surface area contributed by atoms with Crippen molar-refractivity contribution in [1.82, 2.24) is 0 Å². The van der Waals surface area contributed by atoms with Gasteiger partial charge in [-0.15, -0.1) is 0 Å². The van der Waals surface area contributed by atoms with E-state index in [0.29, 0.717) is 35.8 Å². The molecule has 6 heteroatoms. The van der Waals surface area contributed by atoms with Gasteiger partial charge >= 0.3 is 0 Å². The molecule has 0 radical (unpaired) electrons. The number of benzene rings is 2. The number of unbranched alkanes of at least 4 members (excludes halogenated alkanes) is 10. The highest BCUT2D eigenvalue weighted by molar-refractivity contribution is 5.42. The minimum Gasteiger partial charge on any atom is -0.494 e. The highest BCUT2D eigenvalue weighted by Crippen LogP contribution is 2.43. The molecule has 0 spiro atoms. The van der Waals surface area contributed by atoms with Crippen LogP contribution in [0.4, 0.5) is 17.6 Å². The van der Waals surface area contributed by atoms with E-state index >= 15 is 0 Å². The highest BCUT2D eigenvalue weighted by atomic mass is 19.2. The van der Waals surface area contributed by atoms with Crippen LogP contribution in [0, 0.1) is 35.1 Å². The fourth-order valence-electron chi connectivity index (χ4n) is 9.20. The van der Waals surface area contributed by atoms with Crippen molar-refractivity contribution in [1.29, 1.82) is 0 Å². The molecule has 2 aliphatic rings. The summed E-state index contributed by atoms with van der Waals surface area (Å²) in [5, 5.41) is 0. The van der Waals surface area contributed by atoms with Gasteiger partial charge in [-0.05, 0) is 135 Å². The Balaban J connectivity index is 0.000000291. The summed E-state index contributed by atoms with van der Waals surface area (Å²) < 4.78 is 68.5. The minimum atomic E-state index is -0.823. The van der Waals surface area contributed by atoms with Gasteiger partial charge in [-0.2, -0.15) is 8.78 Å². The van der Waals surface area contributed by atoms with Gasteiger partial charge in [0, 0.05) is 0 Å². The fourth-order valence-corrected chi connectivity index (χ4v) is 9.20. The van der Waals surface area contributed by atoms with E-state index in [2.05, 4.69) is 27.7 Å². The van der Waals surface area contributed by atoms with Crippen molar-refractivity contribution in [3.63, 3.8) is 0 Å². The molecule has 2 nitrogen and oxygen atoms in total. The van der Waals surface area contributed by atoms with E-state index in [4.69, 9.17) is 9.47 Å². The number of ether oxygens (including phenoxy) is 2. The van der Waals surface area contributed by atoms with E-state index in [-0.39, 0.29) is 11.5 Å². The second-order valence-corrected chi connectivity index (χ2v) is 16.6. The molecule has 4 rings (SSSR count). The lowest BCUT2D eigenvalue weighted by Crippen LogP contribution is -2.16. The Morgan fingerprint density at radius 3 is 1.15 bits per heavy atom. The molecule has 0 amide bonds. The van der Waals surface area contributed by atoms with Crippen molar-refractivity contribution >= 4 is 0 Å². The first-order valence-corrected chi connectivity index (χ1v) is 22.3. The number of hydrogen-bond donors (Lipinski definition) is 0. The second-order valence-electron chi connectivity index (χ2n) is 16.6. The molecule has 0 atom stereocenters. The Labute approximate surface area is 328 Å². The first kappa shape index (κ1) is 46.1. The molecule has 0 heterocycles. The second kappa shape index (κ2) is 25.8. The van der Waals surface area contributed by atoms with Crippen LogP contribution < -0.4 is 9.47 Å². The van der Waals surface area contributed by atoms with Crippen molar-refractivity contribution in [2.75, 3.05) is 14.2 Å². The smallest absolute Gasteiger partial charge is 0.200 e. The van der Waals surface area contributed by atoms with Gasteiger partial charge in [0.25, 0.3) is 0 Å². The summed E-state index contributed by atoms with van der Waals surface area (Å²) in [5.41, 5.74) is 3.23. The average molecular weight is 761 g/mol. The van der Waals surface area contributed by atoms with Crippen LogP contribution in [0.25, 0.3) is 0 Å². The number of methoxy groups -OCH3 is 2. The van der Waals surface area contributed by atoms with Crippen LogP contribution in [0.2, 0.25) is 0 Å². The maximum absolute atomic E-state index is 14.9. The SMILES string of the molecule is CCCCCCCc1c(F)c(F)c(OC)cc1[C@H]1CC[C@H](CCCCC)CC1.CCCCCc1c(F)c(F)c(OC)cc1[C@H]1CC[C@H](CCCCC)CC1. The zero-order chi connectivity index (χ0) is 39.3. The van der Waals surface area contributed by atoms with Crippen LogP contribution in [0.1, 0.15) is 216 Å². The largest absolute Gasteiger partial charge is 0.494 e. The van der Waals surface area contributed by atoms with Crippen molar-refractivity contribution < 1.29 is 27.0 Å². The topological polar surface area (TPSA) is 18.5 Å². The van der Waals surface area contributed by atoms with Crippen molar-refractivity contribution in [2.24, 2.45) is 11.8 Å². The Hall–Kier alpha value is -2.24. The highest BCUT2D eigenvalue weighted by Gasteiger charge is 2.29. The molecule has 0 bridgehead atoms. The van der Waals surface area contributed by atoms with Crippen LogP contribution in [0.15, 0.2) is 12.1 Å². The van der Waals surface area contributed by atoms with Gasteiger partial charge in [-0.1, -0.05) is 118 Å². The number of halogens is 4. The maximum Gasteiger partial charge on any atom is 0.200 e. The van der Waals surface area contributed by atoms with Crippen LogP contribution in [0.5, 0.6) is 11.5 Å². The van der Waals surface area contributed by atoms with Crippen LogP contribution in [-0.2, 0) is 12.8 Å². The van der Waals surface area contributed by atoms with Gasteiger partial charge in [-0.25, -0.2) is 8.78 Å². The third kappa shape index (κ3) is 14.1. The normalized spacial score (nSPS) is 20.0. The Morgan fingerprint density at radius 1 is 0.444 bits per heavy atom. The summed E-state index contributed by atoms with van der Waals surface area (Å²) in [5.74, 6) is -0.556. The van der Waals surface area contributed by atoms with Crippen LogP contribution in [-0.4, -0.2) is 14.2 Å². The molecular formula is C48H76F4O2. The van der Waals surface area contributed by atoms with Crippen molar-refractivity contribution in [3.8, 4) is 11.5 Å².